The number of nitrogens with zero attached hydrogens (tertiary/aromatic N) is 3. The molecule has 8 heteroatoms. The van der Waals surface area contributed by atoms with Crippen LogP contribution in [-0.2, 0) is 11.3 Å². The largest absolute Gasteiger partial charge is 0.378 e. The topological polar surface area (TPSA) is 84.6 Å². The van der Waals surface area contributed by atoms with Crippen LogP contribution in [0.4, 0.5) is 0 Å². The van der Waals surface area contributed by atoms with Crippen molar-refractivity contribution in [3.8, 4) is 0 Å². The van der Waals surface area contributed by atoms with Crippen molar-refractivity contribution in [3.63, 3.8) is 0 Å². The van der Waals surface area contributed by atoms with Crippen LogP contribution in [0.3, 0.4) is 0 Å². The Morgan fingerprint density at radius 1 is 1.30 bits per heavy atom. The molecular weight excluding hydrogens is 409 g/mol. The third-order valence-corrected chi connectivity index (χ3v) is 3.73. The summed E-state index contributed by atoms with van der Waals surface area (Å²) in [6.45, 7) is 3.90. The van der Waals surface area contributed by atoms with E-state index in [4.69, 9.17) is 9.26 Å². The Kier molecular flexibility index (Phi) is 10.2. The molecule has 7 nitrogen and oxygen atoms in total. The van der Waals surface area contributed by atoms with Gasteiger partial charge in [-0.15, -0.1) is 24.0 Å². The van der Waals surface area contributed by atoms with Crippen LogP contribution in [0, 0.1) is 6.92 Å². The molecule has 0 bridgehead atoms. The highest BCUT2D eigenvalue weighted by Crippen LogP contribution is 2.20. The molecule has 1 aliphatic rings. The lowest BCUT2D eigenvalue weighted by Gasteiger charge is -2.22. The van der Waals surface area contributed by atoms with Gasteiger partial charge in [0, 0.05) is 27.1 Å². The summed E-state index contributed by atoms with van der Waals surface area (Å²) in [7, 11) is 1.75. The van der Waals surface area contributed by atoms with E-state index in [9.17, 15) is 0 Å². The first kappa shape index (κ1) is 20.1. The van der Waals surface area contributed by atoms with E-state index in [1.165, 1.54) is 32.1 Å². The van der Waals surface area contributed by atoms with E-state index in [-0.39, 0.29) is 24.0 Å². The molecule has 132 valence electrons. The second kappa shape index (κ2) is 11.6. The highest BCUT2D eigenvalue weighted by molar-refractivity contribution is 14.0. The van der Waals surface area contributed by atoms with Crippen molar-refractivity contribution in [1.82, 2.24) is 20.8 Å². The summed E-state index contributed by atoms with van der Waals surface area (Å²) in [6, 6.07) is 0. The smallest absolute Gasteiger partial charge is 0.223 e. The van der Waals surface area contributed by atoms with Gasteiger partial charge in [-0.2, -0.15) is 4.98 Å². The maximum Gasteiger partial charge on any atom is 0.223 e. The van der Waals surface area contributed by atoms with Crippen LogP contribution in [0.5, 0.6) is 0 Å². The second-order valence-corrected chi connectivity index (χ2v) is 5.57. The lowest BCUT2D eigenvalue weighted by molar-refractivity contribution is 0.0277. The summed E-state index contributed by atoms with van der Waals surface area (Å²) in [4.78, 5) is 8.30. The molecule has 0 aliphatic heterocycles. The Labute approximate surface area is 155 Å². The van der Waals surface area contributed by atoms with Crippen LogP contribution in [-0.4, -0.2) is 42.4 Å². The molecule has 1 aromatic rings. The Morgan fingerprint density at radius 2 is 2.09 bits per heavy atom. The molecule has 0 unspecified atom stereocenters. The Balaban J connectivity index is 0.00000264. The first-order valence-corrected chi connectivity index (χ1v) is 8.13. The SMILES string of the molecule is CN=C(NCCCOC1CCCCC1)NCc1noc(C)n1.I. The minimum absolute atomic E-state index is 0. The van der Waals surface area contributed by atoms with Gasteiger partial charge in [0.15, 0.2) is 11.8 Å². The number of halogens is 1. The van der Waals surface area contributed by atoms with Crippen LogP contribution < -0.4 is 10.6 Å². The summed E-state index contributed by atoms with van der Waals surface area (Å²) in [5.74, 6) is 1.93. The van der Waals surface area contributed by atoms with Gasteiger partial charge in [-0.05, 0) is 19.3 Å². The predicted molar refractivity (Wildman–Crippen MR) is 100 cm³/mol. The molecular formula is C15H28IN5O2. The van der Waals surface area contributed by atoms with Crippen LogP contribution in [0.25, 0.3) is 0 Å². The summed E-state index contributed by atoms with van der Waals surface area (Å²) >= 11 is 0. The average Bonchev–Trinajstić information content (AvgIpc) is 2.96. The molecule has 2 rings (SSSR count). The Hall–Kier alpha value is -0.900. The highest BCUT2D eigenvalue weighted by atomic mass is 127. The standard InChI is InChI=1S/C15H27N5O2.HI/c1-12-19-14(20-22-12)11-18-15(16-2)17-9-6-10-21-13-7-4-3-5-8-13;/h13H,3-11H2,1-2H3,(H2,16,17,18);1H. The van der Waals surface area contributed by atoms with E-state index in [2.05, 4.69) is 25.8 Å². The molecule has 0 radical (unpaired) electrons. The van der Waals surface area contributed by atoms with Crippen LogP contribution >= 0.6 is 24.0 Å². The fraction of sp³-hybridized carbons (Fsp3) is 0.800. The fourth-order valence-corrected chi connectivity index (χ4v) is 2.56. The normalized spacial score (nSPS) is 16.0. The summed E-state index contributed by atoms with van der Waals surface area (Å²) in [5.41, 5.74) is 0. The molecule has 1 aromatic heterocycles. The highest BCUT2D eigenvalue weighted by Gasteiger charge is 2.13. The van der Waals surface area contributed by atoms with Gasteiger partial charge in [0.25, 0.3) is 0 Å². The Morgan fingerprint density at radius 3 is 2.74 bits per heavy atom. The number of aromatic nitrogens is 2. The van der Waals surface area contributed by atoms with E-state index in [0.29, 0.717) is 24.4 Å². The van der Waals surface area contributed by atoms with Gasteiger partial charge in [-0.1, -0.05) is 24.4 Å². The van der Waals surface area contributed by atoms with Crippen LogP contribution in [0.1, 0.15) is 50.2 Å². The zero-order chi connectivity index (χ0) is 15.6. The number of guanidine groups is 1. The zero-order valence-corrected chi connectivity index (χ0v) is 16.3. The number of hydrogen-bond acceptors (Lipinski definition) is 5. The molecule has 1 heterocycles. The van der Waals surface area contributed by atoms with E-state index in [0.717, 1.165) is 25.5 Å². The van der Waals surface area contributed by atoms with Crippen molar-refractivity contribution >= 4 is 29.9 Å². The summed E-state index contributed by atoms with van der Waals surface area (Å²) in [5, 5.41) is 10.2. The second-order valence-electron chi connectivity index (χ2n) is 5.57. The van der Waals surface area contributed by atoms with Gasteiger partial charge in [-0.25, -0.2) is 0 Å². The van der Waals surface area contributed by atoms with Gasteiger partial charge >= 0.3 is 0 Å². The zero-order valence-electron chi connectivity index (χ0n) is 14.0. The van der Waals surface area contributed by atoms with E-state index in [1.807, 2.05) is 0 Å². The lowest BCUT2D eigenvalue weighted by atomic mass is 9.98. The van der Waals surface area contributed by atoms with Crippen LogP contribution in [0.15, 0.2) is 9.52 Å². The minimum Gasteiger partial charge on any atom is -0.378 e. The maximum atomic E-state index is 5.90. The number of rotatable bonds is 7. The number of aryl methyl sites for hydroxylation is 1. The molecule has 0 saturated heterocycles. The molecule has 23 heavy (non-hydrogen) atoms. The predicted octanol–water partition coefficient (Wildman–Crippen LogP) is 2.40. The third-order valence-electron chi connectivity index (χ3n) is 3.73. The first-order chi connectivity index (χ1) is 10.8. The van der Waals surface area contributed by atoms with Crippen molar-refractivity contribution < 1.29 is 9.26 Å². The van der Waals surface area contributed by atoms with E-state index >= 15 is 0 Å². The van der Waals surface area contributed by atoms with Gasteiger partial charge in [0.2, 0.25) is 5.89 Å². The monoisotopic (exact) mass is 437 g/mol. The number of aliphatic imine (C=N–C) groups is 1. The molecule has 0 atom stereocenters. The van der Waals surface area contributed by atoms with Gasteiger partial charge in [-0.3, -0.25) is 4.99 Å². The van der Waals surface area contributed by atoms with Crippen LogP contribution in [0.2, 0.25) is 0 Å². The number of ether oxygens (including phenoxy) is 1. The van der Waals surface area contributed by atoms with E-state index in [1.54, 1.807) is 14.0 Å². The van der Waals surface area contributed by atoms with Crippen molar-refractivity contribution in [2.24, 2.45) is 4.99 Å². The number of hydrogen-bond donors (Lipinski definition) is 2. The number of nitrogens with one attached hydrogen (secondary N) is 2. The summed E-state index contributed by atoms with van der Waals surface area (Å²) in [6.07, 6.45) is 7.89. The molecule has 1 aliphatic carbocycles. The van der Waals surface area contributed by atoms with Crippen molar-refractivity contribution in [2.45, 2.75) is 58.1 Å². The van der Waals surface area contributed by atoms with Crippen molar-refractivity contribution in [2.75, 3.05) is 20.2 Å². The summed E-state index contributed by atoms with van der Waals surface area (Å²) < 4.78 is 10.8. The first-order valence-electron chi connectivity index (χ1n) is 8.13. The molecule has 0 spiro atoms. The average molecular weight is 437 g/mol. The lowest BCUT2D eigenvalue weighted by Crippen LogP contribution is -2.37. The molecule has 1 saturated carbocycles. The molecule has 2 N–H and O–H groups in total. The third kappa shape index (κ3) is 7.96. The van der Waals surface area contributed by atoms with Crippen molar-refractivity contribution in [3.05, 3.63) is 11.7 Å². The van der Waals surface area contributed by atoms with Gasteiger partial charge < -0.3 is 19.9 Å². The quantitative estimate of drug-likeness (QED) is 0.295. The fourth-order valence-electron chi connectivity index (χ4n) is 2.56. The van der Waals surface area contributed by atoms with Crippen molar-refractivity contribution in [1.29, 1.82) is 0 Å². The van der Waals surface area contributed by atoms with E-state index < -0.39 is 0 Å². The maximum absolute atomic E-state index is 5.90. The minimum atomic E-state index is 0. The van der Waals surface area contributed by atoms with Gasteiger partial charge in [0.1, 0.15) is 0 Å². The molecule has 0 aromatic carbocycles. The molecule has 1 fully saturated rings. The Bertz CT molecular complexity index is 460. The van der Waals surface area contributed by atoms with Gasteiger partial charge in [0.05, 0.1) is 12.6 Å². The molecule has 0 amide bonds.